The van der Waals surface area contributed by atoms with E-state index in [1.54, 1.807) is 6.92 Å². The van der Waals surface area contributed by atoms with Gasteiger partial charge in [0, 0.05) is 4.47 Å². The molecule has 114 valence electrons. The number of carbonyl (C=O) groups excluding carboxylic acids is 1. The van der Waals surface area contributed by atoms with Crippen LogP contribution >= 0.6 is 15.9 Å². The molecule has 22 heavy (non-hydrogen) atoms. The Morgan fingerprint density at radius 3 is 2.45 bits per heavy atom. The zero-order valence-electron chi connectivity index (χ0n) is 11.8. The van der Waals surface area contributed by atoms with Crippen LogP contribution in [0.15, 0.2) is 58.1 Å². The van der Waals surface area contributed by atoms with E-state index in [1.807, 2.05) is 24.3 Å². The highest BCUT2D eigenvalue weighted by atomic mass is 79.9. The normalized spacial score (nSPS) is 11.1. The predicted octanol–water partition coefficient (Wildman–Crippen LogP) is 3.51. The van der Waals surface area contributed by atoms with Crippen LogP contribution in [0.4, 0.5) is 4.39 Å². The van der Waals surface area contributed by atoms with Crippen LogP contribution in [-0.4, -0.2) is 18.2 Å². The first kappa shape index (κ1) is 16.2. The summed E-state index contributed by atoms with van der Waals surface area (Å²) < 4.78 is 18.9. The Labute approximate surface area is 136 Å². The highest BCUT2D eigenvalue weighted by Gasteiger charge is 2.03. The molecule has 0 bridgehead atoms. The molecule has 0 aliphatic heterocycles. The number of nitrogens with zero attached hydrogens (tertiary/aromatic N) is 1. The Morgan fingerprint density at radius 1 is 1.18 bits per heavy atom. The number of ether oxygens (including phenoxy) is 1. The molecule has 0 aliphatic carbocycles. The van der Waals surface area contributed by atoms with Crippen molar-refractivity contribution < 1.29 is 13.9 Å². The van der Waals surface area contributed by atoms with Crippen LogP contribution < -0.4 is 10.2 Å². The number of rotatable bonds is 5. The average Bonchev–Trinajstić information content (AvgIpc) is 2.52. The second-order valence-electron chi connectivity index (χ2n) is 4.48. The van der Waals surface area contributed by atoms with Crippen molar-refractivity contribution in [1.82, 2.24) is 5.43 Å². The van der Waals surface area contributed by atoms with Gasteiger partial charge < -0.3 is 4.74 Å². The predicted molar refractivity (Wildman–Crippen MR) is 86.4 cm³/mol. The molecule has 2 aromatic rings. The quantitative estimate of drug-likeness (QED) is 0.651. The van der Waals surface area contributed by atoms with Crippen molar-refractivity contribution in [3.63, 3.8) is 0 Å². The lowest BCUT2D eigenvalue weighted by atomic mass is 10.1. The Bertz CT molecular complexity index is 670. The van der Waals surface area contributed by atoms with Crippen molar-refractivity contribution in [2.75, 3.05) is 6.61 Å². The molecule has 0 aromatic heterocycles. The Kier molecular flexibility index (Phi) is 5.66. The van der Waals surface area contributed by atoms with Gasteiger partial charge in [0.25, 0.3) is 5.91 Å². The van der Waals surface area contributed by atoms with Gasteiger partial charge in [0.1, 0.15) is 11.6 Å². The van der Waals surface area contributed by atoms with Crippen LogP contribution in [0.1, 0.15) is 12.5 Å². The molecule has 6 heteroatoms. The van der Waals surface area contributed by atoms with E-state index < -0.39 is 0 Å². The summed E-state index contributed by atoms with van der Waals surface area (Å²) in [5.41, 5.74) is 4.00. The molecule has 2 aromatic carbocycles. The summed E-state index contributed by atoms with van der Waals surface area (Å²) in [7, 11) is 0. The summed E-state index contributed by atoms with van der Waals surface area (Å²) in [6.45, 7) is 1.60. The van der Waals surface area contributed by atoms with Gasteiger partial charge in [-0.25, -0.2) is 9.82 Å². The van der Waals surface area contributed by atoms with Crippen LogP contribution in [0, 0.1) is 5.82 Å². The summed E-state index contributed by atoms with van der Waals surface area (Å²) in [5.74, 6) is -0.322. The number of amides is 1. The number of benzene rings is 2. The third kappa shape index (κ3) is 4.96. The number of hydrogen-bond acceptors (Lipinski definition) is 3. The number of hydrogen-bond donors (Lipinski definition) is 1. The van der Waals surface area contributed by atoms with E-state index in [2.05, 4.69) is 26.5 Å². The van der Waals surface area contributed by atoms with Crippen LogP contribution in [-0.2, 0) is 4.79 Å². The molecular weight excluding hydrogens is 351 g/mol. The van der Waals surface area contributed by atoms with E-state index in [9.17, 15) is 9.18 Å². The van der Waals surface area contributed by atoms with E-state index in [0.717, 1.165) is 10.0 Å². The van der Waals surface area contributed by atoms with Gasteiger partial charge in [0.05, 0.1) is 5.71 Å². The SMILES string of the molecule is CC(=NNC(=O)COc1ccc(F)cc1)c1ccc(Br)cc1. The molecule has 0 spiro atoms. The minimum atomic E-state index is -0.388. The smallest absolute Gasteiger partial charge is 0.277 e. The maximum absolute atomic E-state index is 12.7. The van der Waals surface area contributed by atoms with E-state index in [-0.39, 0.29) is 18.3 Å². The van der Waals surface area contributed by atoms with Crippen molar-refractivity contribution in [3.8, 4) is 5.75 Å². The molecule has 0 saturated carbocycles. The topological polar surface area (TPSA) is 50.7 Å². The Morgan fingerprint density at radius 2 is 1.82 bits per heavy atom. The summed E-state index contributed by atoms with van der Waals surface area (Å²) in [5, 5.41) is 4.01. The minimum Gasteiger partial charge on any atom is -0.484 e. The molecule has 4 nitrogen and oxygen atoms in total. The fourth-order valence-electron chi connectivity index (χ4n) is 1.61. The fourth-order valence-corrected chi connectivity index (χ4v) is 1.88. The van der Waals surface area contributed by atoms with E-state index in [0.29, 0.717) is 11.5 Å². The van der Waals surface area contributed by atoms with E-state index in [1.165, 1.54) is 24.3 Å². The third-order valence-corrected chi connectivity index (χ3v) is 3.32. The molecule has 0 heterocycles. The summed E-state index contributed by atoms with van der Waals surface area (Å²) in [6.07, 6.45) is 0. The first-order valence-corrected chi connectivity index (χ1v) is 7.31. The number of hydrazone groups is 1. The molecule has 0 saturated heterocycles. The Hall–Kier alpha value is -2.21. The first-order chi connectivity index (χ1) is 10.5. The second kappa shape index (κ2) is 7.70. The van der Waals surface area contributed by atoms with Gasteiger partial charge in [-0.3, -0.25) is 4.79 Å². The molecule has 0 atom stereocenters. The summed E-state index contributed by atoms with van der Waals surface area (Å²) >= 11 is 3.35. The number of nitrogens with one attached hydrogen (secondary N) is 1. The molecule has 0 unspecified atom stereocenters. The van der Waals surface area contributed by atoms with Crippen LogP contribution in [0.2, 0.25) is 0 Å². The maximum atomic E-state index is 12.7. The minimum absolute atomic E-state index is 0.192. The van der Waals surface area contributed by atoms with Gasteiger partial charge in [0.2, 0.25) is 0 Å². The van der Waals surface area contributed by atoms with Crippen molar-refractivity contribution in [2.24, 2.45) is 5.10 Å². The zero-order valence-corrected chi connectivity index (χ0v) is 13.4. The fraction of sp³-hybridized carbons (Fsp3) is 0.125. The zero-order chi connectivity index (χ0) is 15.9. The van der Waals surface area contributed by atoms with Crippen molar-refractivity contribution in [2.45, 2.75) is 6.92 Å². The molecule has 0 radical (unpaired) electrons. The summed E-state index contributed by atoms with van der Waals surface area (Å²) in [4.78, 5) is 11.6. The molecule has 1 amide bonds. The molecule has 2 rings (SSSR count). The molecule has 1 N–H and O–H groups in total. The molecular formula is C16H14BrFN2O2. The second-order valence-corrected chi connectivity index (χ2v) is 5.40. The van der Waals surface area contributed by atoms with Gasteiger partial charge in [-0.15, -0.1) is 0 Å². The standard InChI is InChI=1S/C16H14BrFN2O2/c1-11(12-2-4-13(17)5-3-12)19-20-16(21)10-22-15-8-6-14(18)7-9-15/h2-9H,10H2,1H3,(H,20,21). The van der Waals surface area contributed by atoms with E-state index in [4.69, 9.17) is 4.74 Å². The van der Waals surface area contributed by atoms with Crippen LogP contribution in [0.25, 0.3) is 0 Å². The number of halogens is 2. The van der Waals surface area contributed by atoms with Crippen molar-refractivity contribution in [1.29, 1.82) is 0 Å². The van der Waals surface area contributed by atoms with Gasteiger partial charge in [-0.05, 0) is 48.9 Å². The van der Waals surface area contributed by atoms with Crippen LogP contribution in [0.5, 0.6) is 5.75 Å². The van der Waals surface area contributed by atoms with Gasteiger partial charge in [-0.2, -0.15) is 5.10 Å². The van der Waals surface area contributed by atoms with Gasteiger partial charge >= 0.3 is 0 Å². The van der Waals surface area contributed by atoms with Gasteiger partial charge in [0.15, 0.2) is 6.61 Å². The average molecular weight is 365 g/mol. The van der Waals surface area contributed by atoms with Crippen molar-refractivity contribution in [3.05, 3.63) is 64.4 Å². The maximum Gasteiger partial charge on any atom is 0.277 e. The lowest BCUT2D eigenvalue weighted by Crippen LogP contribution is -2.25. The highest BCUT2D eigenvalue weighted by molar-refractivity contribution is 9.10. The lowest BCUT2D eigenvalue weighted by Gasteiger charge is -2.06. The highest BCUT2D eigenvalue weighted by Crippen LogP contribution is 2.11. The third-order valence-electron chi connectivity index (χ3n) is 2.79. The summed E-state index contributed by atoms with van der Waals surface area (Å²) in [6, 6.07) is 13.0. The molecule has 0 fully saturated rings. The first-order valence-electron chi connectivity index (χ1n) is 6.52. The molecule has 0 aliphatic rings. The Balaban J connectivity index is 1.85. The lowest BCUT2D eigenvalue weighted by molar-refractivity contribution is -0.123. The van der Waals surface area contributed by atoms with Crippen molar-refractivity contribution >= 4 is 27.5 Å². The largest absolute Gasteiger partial charge is 0.484 e. The van der Waals surface area contributed by atoms with Crippen LogP contribution in [0.3, 0.4) is 0 Å². The monoisotopic (exact) mass is 364 g/mol. The van der Waals surface area contributed by atoms with Gasteiger partial charge in [-0.1, -0.05) is 28.1 Å². The number of carbonyl (C=O) groups is 1. The van der Waals surface area contributed by atoms with E-state index >= 15 is 0 Å².